The quantitative estimate of drug-likeness (QED) is 0.632. The molecule has 0 radical (unpaired) electrons. The second kappa shape index (κ2) is 5.76. The Morgan fingerprint density at radius 2 is 0.478 bits per heavy atom. The van der Waals surface area contributed by atoms with Gasteiger partial charge in [0.05, 0.1) is 0 Å². The van der Waals surface area contributed by atoms with Crippen molar-refractivity contribution in [1.82, 2.24) is 0 Å². The van der Waals surface area contributed by atoms with Crippen molar-refractivity contribution in [3.63, 3.8) is 0 Å². The van der Waals surface area contributed by atoms with Crippen molar-refractivity contribution in [1.29, 1.82) is 0 Å². The maximum atomic E-state index is 12.4. The van der Waals surface area contributed by atoms with E-state index in [1.165, 1.54) is 14.2 Å². The number of halogens is 14. The second-order valence-electron chi connectivity index (χ2n) is 3.26. The van der Waals surface area contributed by atoms with Crippen LogP contribution in [0.3, 0.4) is 0 Å². The van der Waals surface area contributed by atoms with Gasteiger partial charge in [-0.3, -0.25) is 0 Å². The first-order chi connectivity index (χ1) is 9.62. The van der Waals surface area contributed by atoms with Crippen LogP contribution in [-0.4, -0.2) is 37.2 Å². The third-order valence-corrected chi connectivity index (χ3v) is 1.42. The molecule has 0 unspecified atom stereocenters. The fourth-order valence-corrected chi connectivity index (χ4v) is 0.689. The monoisotopic (exact) mass is 386 g/mol. The van der Waals surface area contributed by atoms with E-state index in [-0.39, 0.29) is 0 Å². The minimum absolute atomic E-state index is 1.40. The van der Waals surface area contributed by atoms with Crippen molar-refractivity contribution < 1.29 is 75.7 Å². The number of hydrogen-bond donors (Lipinski definition) is 0. The predicted molar refractivity (Wildman–Crippen MR) is 35.2 cm³/mol. The van der Waals surface area contributed by atoms with Gasteiger partial charge in [0.1, 0.15) is 0 Å². The van der Waals surface area contributed by atoms with Gasteiger partial charge in [-0.25, -0.2) is 14.2 Å². The highest BCUT2D eigenvalue weighted by atomic mass is 19.4. The van der Waals surface area contributed by atoms with E-state index in [9.17, 15) is 61.5 Å². The molecule has 0 rings (SSSR count). The van der Waals surface area contributed by atoms with E-state index < -0.39 is 37.2 Å². The number of rotatable bonds is 6. The van der Waals surface area contributed by atoms with Gasteiger partial charge in [-0.2, -0.15) is 35.1 Å². The molecular formula is C6F14O3. The summed E-state index contributed by atoms with van der Waals surface area (Å²) in [5, 5.41) is 0. The summed E-state index contributed by atoms with van der Waals surface area (Å²) in [6.45, 7) is 0. The average molecular weight is 386 g/mol. The normalized spacial score (nSPS) is 15.9. The smallest absolute Gasteiger partial charge is 0.241 e. The molecule has 0 bridgehead atoms. The summed E-state index contributed by atoms with van der Waals surface area (Å²) < 4.78 is 171. The van der Waals surface area contributed by atoms with Crippen LogP contribution in [0.2, 0.25) is 0 Å². The Hall–Kier alpha value is -1.10. The highest BCUT2D eigenvalue weighted by Gasteiger charge is 2.74. The molecule has 0 aromatic carbocycles. The fourth-order valence-electron chi connectivity index (χ4n) is 0.689. The Bertz CT molecular complexity index is 370. The number of hydrogen-bond acceptors (Lipinski definition) is 3. The van der Waals surface area contributed by atoms with E-state index in [0.717, 1.165) is 0 Å². The van der Waals surface area contributed by atoms with E-state index in [1.807, 2.05) is 0 Å². The maximum absolute atomic E-state index is 12.4. The van der Waals surface area contributed by atoms with Gasteiger partial charge in [0, 0.05) is 0 Å². The highest BCUT2D eigenvalue weighted by molar-refractivity contribution is 4.75. The van der Waals surface area contributed by atoms with E-state index >= 15 is 0 Å². The van der Waals surface area contributed by atoms with Crippen molar-refractivity contribution in [2.75, 3.05) is 0 Å². The minimum Gasteiger partial charge on any atom is -0.241 e. The van der Waals surface area contributed by atoms with Crippen LogP contribution in [0.25, 0.3) is 0 Å². The molecule has 0 atom stereocenters. The Kier molecular flexibility index (Phi) is 5.49. The molecule has 0 spiro atoms. The number of ether oxygens (including phenoxy) is 3. The van der Waals surface area contributed by atoms with Gasteiger partial charge < -0.3 is 0 Å². The summed E-state index contributed by atoms with van der Waals surface area (Å²) in [5.41, 5.74) is 0. The molecule has 0 saturated carbocycles. The molecule has 0 aliphatic carbocycles. The van der Waals surface area contributed by atoms with E-state index in [4.69, 9.17) is 0 Å². The van der Waals surface area contributed by atoms with E-state index in [2.05, 4.69) is 0 Å². The van der Waals surface area contributed by atoms with Crippen molar-refractivity contribution in [2.24, 2.45) is 0 Å². The minimum atomic E-state index is -7.13. The Morgan fingerprint density at radius 3 is 0.652 bits per heavy atom. The molecule has 0 fully saturated rings. The molecule has 17 heteroatoms. The van der Waals surface area contributed by atoms with Crippen LogP contribution in [0.15, 0.2) is 0 Å². The van der Waals surface area contributed by atoms with Crippen molar-refractivity contribution in [3.8, 4) is 0 Å². The summed E-state index contributed by atoms with van der Waals surface area (Å²) in [5.74, 6) is 0. The lowest BCUT2D eigenvalue weighted by molar-refractivity contribution is -0.570. The van der Waals surface area contributed by atoms with Crippen LogP contribution in [0.5, 0.6) is 0 Å². The molecule has 0 aromatic heterocycles. The topological polar surface area (TPSA) is 27.7 Å². The first kappa shape index (κ1) is 21.9. The first-order valence-electron chi connectivity index (χ1n) is 4.37. The molecule has 140 valence electrons. The van der Waals surface area contributed by atoms with Crippen LogP contribution >= 0.6 is 0 Å². The molecular weight excluding hydrogens is 386 g/mol. The Labute approximate surface area is 114 Å². The summed E-state index contributed by atoms with van der Waals surface area (Å²) in [6.07, 6.45) is -41.4. The van der Waals surface area contributed by atoms with Gasteiger partial charge in [0.25, 0.3) is 0 Å². The van der Waals surface area contributed by atoms with Crippen LogP contribution in [-0.2, 0) is 14.2 Å². The van der Waals surface area contributed by atoms with Gasteiger partial charge in [0.2, 0.25) is 0 Å². The fraction of sp³-hybridized carbons (Fsp3) is 1.00. The van der Waals surface area contributed by atoms with Crippen molar-refractivity contribution in [2.45, 2.75) is 37.2 Å². The summed E-state index contributed by atoms with van der Waals surface area (Å²) in [4.78, 5) is 0. The number of alkyl halides is 14. The third-order valence-electron chi connectivity index (χ3n) is 1.42. The molecule has 0 N–H and O–H groups in total. The zero-order chi connectivity index (χ0) is 19.1. The zero-order valence-electron chi connectivity index (χ0n) is 9.52. The SMILES string of the molecule is FC(F)(F)OC(F)(F)C(F)(F)OC(F)(F)C(F)(F)OC(F)(F)F. The zero-order valence-corrected chi connectivity index (χ0v) is 9.52. The molecule has 0 aliphatic heterocycles. The van der Waals surface area contributed by atoms with Crippen LogP contribution in [0.4, 0.5) is 61.5 Å². The molecule has 0 heterocycles. The molecule has 0 aromatic rings. The highest BCUT2D eigenvalue weighted by Crippen LogP contribution is 2.48. The lowest BCUT2D eigenvalue weighted by Gasteiger charge is -2.32. The summed E-state index contributed by atoms with van der Waals surface area (Å²) in [7, 11) is 0. The molecule has 0 amide bonds. The predicted octanol–water partition coefficient (Wildman–Crippen LogP) is 4.45. The lowest BCUT2D eigenvalue weighted by atomic mass is 10.5. The third kappa shape index (κ3) is 6.13. The molecule has 3 nitrogen and oxygen atoms in total. The second-order valence-corrected chi connectivity index (χ2v) is 3.26. The van der Waals surface area contributed by atoms with Crippen LogP contribution in [0, 0.1) is 0 Å². The van der Waals surface area contributed by atoms with E-state index in [0.29, 0.717) is 0 Å². The maximum Gasteiger partial charge on any atom is 0.527 e. The van der Waals surface area contributed by atoms with Gasteiger partial charge >= 0.3 is 37.2 Å². The van der Waals surface area contributed by atoms with Crippen molar-refractivity contribution >= 4 is 0 Å². The van der Waals surface area contributed by atoms with Gasteiger partial charge in [-0.1, -0.05) is 0 Å². The lowest BCUT2D eigenvalue weighted by Crippen LogP contribution is -2.56. The largest absolute Gasteiger partial charge is 0.527 e. The van der Waals surface area contributed by atoms with Crippen LogP contribution in [0.1, 0.15) is 0 Å². The van der Waals surface area contributed by atoms with E-state index in [1.54, 1.807) is 0 Å². The Morgan fingerprint density at radius 1 is 0.304 bits per heavy atom. The first-order valence-corrected chi connectivity index (χ1v) is 4.37. The Balaban J connectivity index is 5.41. The standard InChI is InChI=1S/C6F14O3/c7-1(8,3(11,12)22-5(15,16)17)21-2(9,10)4(13,14)23-6(18,19)20. The summed E-state index contributed by atoms with van der Waals surface area (Å²) in [6, 6.07) is 0. The molecule has 0 saturated heterocycles. The summed E-state index contributed by atoms with van der Waals surface area (Å²) >= 11 is 0. The van der Waals surface area contributed by atoms with Gasteiger partial charge in [0.15, 0.2) is 0 Å². The van der Waals surface area contributed by atoms with Gasteiger partial charge in [-0.05, 0) is 0 Å². The molecule has 23 heavy (non-hydrogen) atoms. The van der Waals surface area contributed by atoms with Crippen molar-refractivity contribution in [3.05, 3.63) is 0 Å². The van der Waals surface area contributed by atoms with Gasteiger partial charge in [-0.15, -0.1) is 26.3 Å². The average Bonchev–Trinajstić information content (AvgIpc) is 2.05. The van der Waals surface area contributed by atoms with Crippen LogP contribution < -0.4 is 0 Å². The molecule has 0 aliphatic rings.